The summed E-state index contributed by atoms with van der Waals surface area (Å²) in [5.41, 5.74) is 6.17. The van der Waals surface area contributed by atoms with Gasteiger partial charge in [-0.15, -0.1) is 0 Å². The number of rotatable bonds is 2. The summed E-state index contributed by atoms with van der Waals surface area (Å²) in [7, 11) is 0. The molecule has 1 aromatic rings. The van der Waals surface area contributed by atoms with Crippen LogP contribution < -0.4 is 5.73 Å². The maximum atomic E-state index is 13.3. The van der Waals surface area contributed by atoms with Gasteiger partial charge in [0.15, 0.2) is 0 Å². The molecule has 0 saturated carbocycles. The normalized spacial score (nSPS) is 24.5. The maximum absolute atomic E-state index is 13.3. The van der Waals surface area contributed by atoms with Crippen molar-refractivity contribution >= 4 is 17.5 Å². The summed E-state index contributed by atoms with van der Waals surface area (Å²) >= 11 is 5.83. The molecule has 0 bridgehead atoms. The average Bonchev–Trinajstić information content (AvgIpc) is 2.57. The fraction of sp³-hybridized carbons (Fsp3) is 0.562. The monoisotopic (exact) mass is 342 g/mol. The van der Waals surface area contributed by atoms with Gasteiger partial charge >= 0.3 is 0 Å². The number of morpholine rings is 1. The Labute approximate surface area is 139 Å². The van der Waals surface area contributed by atoms with Crippen LogP contribution in [0.15, 0.2) is 18.2 Å². The first-order valence-corrected chi connectivity index (χ1v) is 8.10. The van der Waals surface area contributed by atoms with Gasteiger partial charge in [0, 0.05) is 19.8 Å². The van der Waals surface area contributed by atoms with Crippen molar-refractivity contribution in [3.8, 4) is 0 Å². The minimum Gasteiger partial charge on any atom is -0.381 e. The molecule has 1 aromatic carbocycles. The highest BCUT2D eigenvalue weighted by molar-refractivity contribution is 6.30. The van der Waals surface area contributed by atoms with Crippen LogP contribution in [0, 0.1) is 5.82 Å². The zero-order valence-corrected chi connectivity index (χ0v) is 13.5. The van der Waals surface area contributed by atoms with Crippen molar-refractivity contribution in [3.05, 3.63) is 34.6 Å². The predicted molar refractivity (Wildman–Crippen MR) is 83.7 cm³/mol. The van der Waals surface area contributed by atoms with Crippen molar-refractivity contribution < 1.29 is 18.7 Å². The number of hydrogen-bond acceptors (Lipinski definition) is 4. The van der Waals surface area contributed by atoms with Gasteiger partial charge in [-0.25, -0.2) is 4.39 Å². The second-order valence-electron chi connectivity index (χ2n) is 6.05. The molecule has 1 amide bonds. The van der Waals surface area contributed by atoms with E-state index < -0.39 is 11.4 Å². The van der Waals surface area contributed by atoms with Gasteiger partial charge in [-0.2, -0.15) is 0 Å². The molecule has 1 unspecified atom stereocenters. The Morgan fingerprint density at radius 2 is 2.09 bits per heavy atom. The highest BCUT2D eigenvalue weighted by Gasteiger charge is 2.40. The van der Waals surface area contributed by atoms with Crippen LogP contribution in [-0.4, -0.2) is 49.3 Å². The van der Waals surface area contributed by atoms with E-state index in [9.17, 15) is 9.18 Å². The molecule has 0 aliphatic carbocycles. The standard InChI is InChI=1S/C16H20ClFN2O3/c17-12-9-11(1-2-13(12)18)14-10-20(5-8-23-14)15(21)16(19)3-6-22-7-4-16/h1-2,9,14H,3-8,10,19H2. The van der Waals surface area contributed by atoms with Crippen LogP contribution in [0.4, 0.5) is 4.39 Å². The van der Waals surface area contributed by atoms with Crippen LogP contribution in [0.3, 0.4) is 0 Å². The van der Waals surface area contributed by atoms with Crippen molar-refractivity contribution in [2.24, 2.45) is 5.73 Å². The smallest absolute Gasteiger partial charge is 0.243 e. The highest BCUT2D eigenvalue weighted by Crippen LogP contribution is 2.28. The van der Waals surface area contributed by atoms with Gasteiger partial charge in [0.25, 0.3) is 0 Å². The van der Waals surface area contributed by atoms with Gasteiger partial charge in [-0.3, -0.25) is 4.79 Å². The molecule has 2 heterocycles. The van der Waals surface area contributed by atoms with E-state index >= 15 is 0 Å². The van der Waals surface area contributed by atoms with Crippen LogP contribution in [-0.2, 0) is 14.3 Å². The van der Waals surface area contributed by atoms with Gasteiger partial charge in [-0.05, 0) is 30.5 Å². The number of carbonyl (C=O) groups excluding carboxylic acids is 1. The molecule has 2 saturated heterocycles. The Bertz CT molecular complexity index is 593. The molecular formula is C16H20ClFN2O3. The molecule has 2 aliphatic rings. The van der Waals surface area contributed by atoms with Crippen LogP contribution in [0.1, 0.15) is 24.5 Å². The summed E-state index contributed by atoms with van der Waals surface area (Å²) < 4.78 is 24.3. The molecular weight excluding hydrogens is 323 g/mol. The lowest BCUT2D eigenvalue weighted by molar-refractivity contribution is -0.148. The van der Waals surface area contributed by atoms with Crippen LogP contribution in [0.5, 0.6) is 0 Å². The Morgan fingerprint density at radius 3 is 2.78 bits per heavy atom. The van der Waals surface area contributed by atoms with Gasteiger partial charge in [0.2, 0.25) is 5.91 Å². The minimum atomic E-state index is -0.861. The Kier molecular flexibility index (Phi) is 4.87. The van der Waals surface area contributed by atoms with E-state index in [0.29, 0.717) is 45.8 Å². The predicted octanol–water partition coefficient (Wildman–Crippen LogP) is 1.89. The fourth-order valence-corrected chi connectivity index (χ4v) is 3.20. The SMILES string of the molecule is NC1(C(=O)N2CCOC(c3ccc(F)c(Cl)c3)C2)CCOCC1. The number of hydrogen-bond donors (Lipinski definition) is 1. The number of amides is 1. The van der Waals surface area contributed by atoms with E-state index in [0.717, 1.165) is 5.56 Å². The molecule has 126 valence electrons. The summed E-state index contributed by atoms with van der Waals surface area (Å²) in [4.78, 5) is 14.5. The summed E-state index contributed by atoms with van der Waals surface area (Å²) in [6.45, 7) is 2.32. The molecule has 2 N–H and O–H groups in total. The summed E-state index contributed by atoms with van der Waals surface area (Å²) in [5.74, 6) is -0.537. The molecule has 0 spiro atoms. The summed E-state index contributed by atoms with van der Waals surface area (Å²) in [5, 5.41) is 0.0503. The van der Waals surface area contributed by atoms with Crippen molar-refractivity contribution in [2.45, 2.75) is 24.5 Å². The quantitative estimate of drug-likeness (QED) is 0.891. The van der Waals surface area contributed by atoms with Crippen LogP contribution in [0.2, 0.25) is 5.02 Å². The van der Waals surface area contributed by atoms with Crippen molar-refractivity contribution in [1.29, 1.82) is 0 Å². The molecule has 1 atom stereocenters. The number of halogens is 2. The average molecular weight is 343 g/mol. The largest absolute Gasteiger partial charge is 0.381 e. The summed E-state index contributed by atoms with van der Waals surface area (Å²) in [6.07, 6.45) is 0.723. The number of carbonyl (C=O) groups is 1. The van der Waals surface area contributed by atoms with Crippen LogP contribution in [0.25, 0.3) is 0 Å². The van der Waals surface area contributed by atoms with Gasteiger partial charge in [0.05, 0.1) is 23.7 Å². The molecule has 0 radical (unpaired) electrons. The second-order valence-corrected chi connectivity index (χ2v) is 6.46. The van der Waals surface area contributed by atoms with E-state index in [1.807, 2.05) is 0 Å². The highest BCUT2D eigenvalue weighted by atomic mass is 35.5. The first-order valence-electron chi connectivity index (χ1n) is 7.72. The second kappa shape index (κ2) is 6.73. The zero-order valence-electron chi connectivity index (χ0n) is 12.8. The van der Waals surface area contributed by atoms with Crippen molar-refractivity contribution in [1.82, 2.24) is 4.90 Å². The van der Waals surface area contributed by atoms with E-state index in [4.69, 9.17) is 26.8 Å². The number of nitrogens with zero attached hydrogens (tertiary/aromatic N) is 1. The number of nitrogens with two attached hydrogens (primary N) is 1. The Balaban J connectivity index is 1.72. The first-order chi connectivity index (χ1) is 11.0. The molecule has 5 nitrogen and oxygen atoms in total. The van der Waals surface area contributed by atoms with Crippen LogP contribution >= 0.6 is 11.6 Å². The molecule has 3 rings (SSSR count). The lowest BCUT2D eigenvalue weighted by atomic mass is 9.89. The Hall–Kier alpha value is -1.21. The van der Waals surface area contributed by atoms with E-state index in [1.54, 1.807) is 17.0 Å². The third-order valence-electron chi connectivity index (χ3n) is 4.48. The number of benzene rings is 1. The number of ether oxygens (including phenoxy) is 2. The minimum absolute atomic E-state index is 0.0503. The van der Waals surface area contributed by atoms with E-state index in [-0.39, 0.29) is 17.0 Å². The maximum Gasteiger partial charge on any atom is 0.243 e. The van der Waals surface area contributed by atoms with Crippen molar-refractivity contribution in [3.63, 3.8) is 0 Å². The molecule has 7 heteroatoms. The third kappa shape index (κ3) is 3.50. The van der Waals surface area contributed by atoms with Gasteiger partial charge in [0.1, 0.15) is 11.9 Å². The summed E-state index contributed by atoms with van der Waals surface area (Å²) in [6, 6.07) is 4.49. The first kappa shape index (κ1) is 16.6. The molecule has 2 fully saturated rings. The third-order valence-corrected chi connectivity index (χ3v) is 4.77. The zero-order chi connectivity index (χ0) is 16.4. The van der Waals surface area contributed by atoms with E-state index in [1.165, 1.54) is 6.07 Å². The van der Waals surface area contributed by atoms with E-state index in [2.05, 4.69) is 0 Å². The fourth-order valence-electron chi connectivity index (χ4n) is 3.01. The lowest BCUT2D eigenvalue weighted by Crippen LogP contribution is -2.60. The Morgan fingerprint density at radius 1 is 1.35 bits per heavy atom. The molecule has 23 heavy (non-hydrogen) atoms. The topological polar surface area (TPSA) is 64.8 Å². The molecule has 2 aliphatic heterocycles. The van der Waals surface area contributed by atoms with Gasteiger partial charge in [-0.1, -0.05) is 17.7 Å². The molecule has 0 aromatic heterocycles. The van der Waals surface area contributed by atoms with Gasteiger partial charge < -0.3 is 20.1 Å². The van der Waals surface area contributed by atoms with Crippen molar-refractivity contribution in [2.75, 3.05) is 32.9 Å². The lowest BCUT2D eigenvalue weighted by Gasteiger charge is -2.40.